The molecule has 0 bridgehead atoms. The standard InChI is InChI=1S/C18H19FN2O2/c1-12(2)16(21-17(22)13-8-4-3-5-9-13)18(23)20-15-11-7-6-10-14(15)19/h3-12,16H,1-2H3,(H,20,23)(H,21,22). The van der Waals surface area contributed by atoms with Crippen LogP contribution in [0.15, 0.2) is 54.6 Å². The Labute approximate surface area is 134 Å². The Balaban J connectivity index is 2.10. The molecule has 0 aliphatic rings. The van der Waals surface area contributed by atoms with Crippen molar-refractivity contribution in [1.29, 1.82) is 0 Å². The molecule has 0 radical (unpaired) electrons. The van der Waals surface area contributed by atoms with Crippen LogP contribution in [0.5, 0.6) is 0 Å². The smallest absolute Gasteiger partial charge is 0.251 e. The van der Waals surface area contributed by atoms with Gasteiger partial charge in [0.1, 0.15) is 11.9 Å². The molecular weight excluding hydrogens is 295 g/mol. The van der Waals surface area contributed by atoms with E-state index in [0.717, 1.165) is 0 Å². The van der Waals surface area contributed by atoms with E-state index < -0.39 is 17.8 Å². The second-order valence-corrected chi connectivity index (χ2v) is 5.53. The second-order valence-electron chi connectivity index (χ2n) is 5.53. The maximum Gasteiger partial charge on any atom is 0.251 e. The lowest BCUT2D eigenvalue weighted by Crippen LogP contribution is -2.47. The van der Waals surface area contributed by atoms with Crippen LogP contribution in [0.25, 0.3) is 0 Å². The van der Waals surface area contributed by atoms with Gasteiger partial charge < -0.3 is 10.6 Å². The van der Waals surface area contributed by atoms with E-state index in [4.69, 9.17) is 0 Å². The van der Waals surface area contributed by atoms with E-state index in [1.807, 2.05) is 19.9 Å². The number of para-hydroxylation sites is 1. The fourth-order valence-electron chi connectivity index (χ4n) is 2.12. The first-order valence-electron chi connectivity index (χ1n) is 7.40. The molecule has 0 heterocycles. The van der Waals surface area contributed by atoms with Crippen LogP contribution in [0, 0.1) is 11.7 Å². The Bertz CT molecular complexity index is 686. The minimum absolute atomic E-state index is 0.0945. The predicted octanol–water partition coefficient (Wildman–Crippen LogP) is 3.22. The maximum absolute atomic E-state index is 13.6. The van der Waals surface area contributed by atoms with Gasteiger partial charge in [0.05, 0.1) is 5.69 Å². The molecule has 1 atom stereocenters. The largest absolute Gasteiger partial charge is 0.340 e. The van der Waals surface area contributed by atoms with E-state index in [1.165, 1.54) is 12.1 Å². The van der Waals surface area contributed by atoms with Crippen molar-refractivity contribution in [2.75, 3.05) is 5.32 Å². The fourth-order valence-corrected chi connectivity index (χ4v) is 2.12. The molecule has 5 heteroatoms. The molecule has 120 valence electrons. The first-order valence-corrected chi connectivity index (χ1v) is 7.40. The first-order chi connectivity index (χ1) is 11.0. The number of nitrogens with one attached hydrogen (secondary N) is 2. The van der Waals surface area contributed by atoms with Crippen molar-refractivity contribution in [3.05, 3.63) is 66.0 Å². The van der Waals surface area contributed by atoms with Crippen molar-refractivity contribution in [2.45, 2.75) is 19.9 Å². The van der Waals surface area contributed by atoms with Gasteiger partial charge in [-0.05, 0) is 30.2 Å². The van der Waals surface area contributed by atoms with Crippen LogP contribution in [-0.4, -0.2) is 17.9 Å². The maximum atomic E-state index is 13.6. The van der Waals surface area contributed by atoms with E-state index in [9.17, 15) is 14.0 Å². The molecule has 23 heavy (non-hydrogen) atoms. The molecule has 0 saturated carbocycles. The Morgan fingerprint density at radius 3 is 2.17 bits per heavy atom. The van der Waals surface area contributed by atoms with Crippen LogP contribution in [-0.2, 0) is 4.79 Å². The van der Waals surface area contributed by atoms with Crippen LogP contribution in [0.1, 0.15) is 24.2 Å². The summed E-state index contributed by atoms with van der Waals surface area (Å²) in [4.78, 5) is 24.6. The normalized spacial score (nSPS) is 11.8. The molecule has 4 nitrogen and oxygen atoms in total. The molecule has 0 fully saturated rings. The van der Waals surface area contributed by atoms with Gasteiger partial charge in [-0.2, -0.15) is 0 Å². The molecule has 0 saturated heterocycles. The van der Waals surface area contributed by atoms with Crippen LogP contribution in [0.4, 0.5) is 10.1 Å². The number of amides is 2. The van der Waals surface area contributed by atoms with Crippen molar-refractivity contribution in [1.82, 2.24) is 5.32 Å². The highest BCUT2D eigenvalue weighted by molar-refractivity contribution is 6.01. The lowest BCUT2D eigenvalue weighted by molar-refractivity contribution is -0.118. The number of halogens is 1. The SMILES string of the molecule is CC(C)C(NC(=O)c1ccccc1)C(=O)Nc1ccccc1F. The quantitative estimate of drug-likeness (QED) is 0.890. The van der Waals surface area contributed by atoms with Crippen LogP contribution >= 0.6 is 0 Å². The Hall–Kier alpha value is -2.69. The number of rotatable bonds is 5. The highest BCUT2D eigenvalue weighted by Crippen LogP contribution is 2.14. The Morgan fingerprint density at radius 1 is 0.957 bits per heavy atom. The van der Waals surface area contributed by atoms with Gasteiger partial charge in [-0.25, -0.2) is 4.39 Å². The van der Waals surface area contributed by atoms with E-state index >= 15 is 0 Å². The molecule has 1 unspecified atom stereocenters. The van der Waals surface area contributed by atoms with E-state index in [2.05, 4.69) is 10.6 Å². The van der Waals surface area contributed by atoms with E-state index in [1.54, 1.807) is 36.4 Å². The minimum atomic E-state index is -0.762. The fraction of sp³-hybridized carbons (Fsp3) is 0.222. The number of hydrogen-bond donors (Lipinski definition) is 2. The van der Waals surface area contributed by atoms with Gasteiger partial charge in [-0.1, -0.05) is 44.2 Å². The van der Waals surface area contributed by atoms with Gasteiger partial charge in [0.15, 0.2) is 0 Å². The topological polar surface area (TPSA) is 58.2 Å². The predicted molar refractivity (Wildman–Crippen MR) is 87.6 cm³/mol. The van der Waals surface area contributed by atoms with Crippen molar-refractivity contribution < 1.29 is 14.0 Å². The molecule has 0 aliphatic heterocycles. The number of carbonyl (C=O) groups is 2. The first kappa shape index (κ1) is 16.7. The van der Waals surface area contributed by atoms with Gasteiger partial charge in [0.25, 0.3) is 5.91 Å². The second kappa shape index (κ2) is 7.54. The monoisotopic (exact) mass is 314 g/mol. The third-order valence-corrected chi connectivity index (χ3v) is 3.40. The number of carbonyl (C=O) groups excluding carboxylic acids is 2. The van der Waals surface area contributed by atoms with Crippen molar-refractivity contribution in [2.24, 2.45) is 5.92 Å². The van der Waals surface area contributed by atoms with Gasteiger partial charge in [-0.3, -0.25) is 9.59 Å². The zero-order valence-electron chi connectivity index (χ0n) is 13.0. The molecule has 2 N–H and O–H groups in total. The zero-order chi connectivity index (χ0) is 16.8. The number of anilines is 1. The highest BCUT2D eigenvalue weighted by atomic mass is 19.1. The summed E-state index contributed by atoms with van der Waals surface area (Å²) in [5.41, 5.74) is 0.564. The average molecular weight is 314 g/mol. The van der Waals surface area contributed by atoms with Crippen LogP contribution in [0.3, 0.4) is 0 Å². The van der Waals surface area contributed by atoms with Crippen molar-refractivity contribution in [3.63, 3.8) is 0 Å². The van der Waals surface area contributed by atoms with Crippen molar-refractivity contribution >= 4 is 17.5 Å². The third kappa shape index (κ3) is 4.39. The van der Waals surface area contributed by atoms with E-state index in [0.29, 0.717) is 5.56 Å². The molecule has 2 amide bonds. The molecule has 0 aliphatic carbocycles. The summed E-state index contributed by atoms with van der Waals surface area (Å²) in [5.74, 6) is -1.45. The zero-order valence-corrected chi connectivity index (χ0v) is 13.0. The average Bonchev–Trinajstić information content (AvgIpc) is 2.55. The highest BCUT2D eigenvalue weighted by Gasteiger charge is 2.25. The summed E-state index contributed by atoms with van der Waals surface area (Å²) < 4.78 is 13.6. The number of hydrogen-bond acceptors (Lipinski definition) is 2. The van der Waals surface area contributed by atoms with Gasteiger partial charge >= 0.3 is 0 Å². The molecule has 0 spiro atoms. The van der Waals surface area contributed by atoms with E-state index in [-0.39, 0.29) is 17.5 Å². The van der Waals surface area contributed by atoms with Gasteiger partial charge in [0.2, 0.25) is 5.91 Å². The Morgan fingerprint density at radius 2 is 1.57 bits per heavy atom. The summed E-state index contributed by atoms with van der Waals surface area (Å²) in [5, 5.41) is 5.22. The number of benzene rings is 2. The molecule has 2 aromatic rings. The van der Waals surface area contributed by atoms with Crippen LogP contribution in [0.2, 0.25) is 0 Å². The summed E-state index contributed by atoms with van der Waals surface area (Å²) >= 11 is 0. The minimum Gasteiger partial charge on any atom is -0.340 e. The lowest BCUT2D eigenvalue weighted by Gasteiger charge is -2.22. The Kier molecular flexibility index (Phi) is 5.46. The summed E-state index contributed by atoms with van der Waals surface area (Å²) in [6.45, 7) is 3.63. The molecule has 2 aromatic carbocycles. The third-order valence-electron chi connectivity index (χ3n) is 3.40. The summed E-state index contributed by atoms with van der Waals surface area (Å²) in [6.07, 6.45) is 0. The molecular formula is C18H19FN2O2. The summed E-state index contributed by atoms with van der Waals surface area (Å²) in [6, 6.07) is 13.8. The van der Waals surface area contributed by atoms with Gasteiger partial charge in [-0.15, -0.1) is 0 Å². The summed E-state index contributed by atoms with van der Waals surface area (Å²) in [7, 11) is 0. The van der Waals surface area contributed by atoms with Gasteiger partial charge in [0, 0.05) is 5.56 Å². The van der Waals surface area contributed by atoms with Crippen molar-refractivity contribution in [3.8, 4) is 0 Å². The molecule has 0 aromatic heterocycles. The lowest BCUT2D eigenvalue weighted by atomic mass is 10.0. The molecule has 2 rings (SSSR count). The van der Waals surface area contributed by atoms with Crippen LogP contribution < -0.4 is 10.6 Å².